The first-order valence-corrected chi connectivity index (χ1v) is 27.9. The van der Waals surface area contributed by atoms with Crippen molar-refractivity contribution in [1.29, 1.82) is 0 Å². The number of nitrogens with one attached hydrogen (secondary N) is 2. The van der Waals surface area contributed by atoms with Crippen molar-refractivity contribution in [2.45, 2.75) is 104 Å². The van der Waals surface area contributed by atoms with E-state index in [4.69, 9.17) is 62.3 Å². The van der Waals surface area contributed by atoms with Gasteiger partial charge in [-0.25, -0.2) is 37.7 Å². The Morgan fingerprint density at radius 2 is 1.11 bits per heavy atom. The molecule has 4 aromatic carbocycles. The maximum absolute atomic E-state index is 14.8. The molecule has 0 spiro atoms. The lowest BCUT2D eigenvalue weighted by Gasteiger charge is -2.24. The van der Waals surface area contributed by atoms with Crippen molar-refractivity contribution in [3.8, 4) is 22.6 Å². The number of likely N-dealkylation sites (tertiary alicyclic amines) is 2. The summed E-state index contributed by atoms with van der Waals surface area (Å²) in [6.45, 7) is 14.7. The number of nitrogens with two attached hydrogens (primary N) is 2. The highest BCUT2D eigenvalue weighted by atomic mass is 35.5. The van der Waals surface area contributed by atoms with Crippen LogP contribution < -0.4 is 37.0 Å². The van der Waals surface area contributed by atoms with Crippen LogP contribution in [0.3, 0.4) is 0 Å². The fourth-order valence-corrected chi connectivity index (χ4v) is 9.76. The van der Waals surface area contributed by atoms with Gasteiger partial charge in [0.2, 0.25) is 0 Å². The van der Waals surface area contributed by atoms with Crippen LogP contribution in [0.5, 0.6) is 11.5 Å². The molecule has 0 unspecified atom stereocenters. The van der Waals surface area contributed by atoms with Crippen LogP contribution in [0.4, 0.5) is 30.0 Å². The number of pyridine rings is 2. The molecule has 444 valence electrons. The molecule has 2 amide bonds. The van der Waals surface area contributed by atoms with Crippen molar-refractivity contribution < 1.29 is 47.4 Å². The summed E-state index contributed by atoms with van der Waals surface area (Å²) in [5.41, 5.74) is 15.7. The Balaban J connectivity index is 0.000000186. The summed E-state index contributed by atoms with van der Waals surface area (Å²) >= 11 is 6.52. The maximum atomic E-state index is 14.8. The first kappa shape index (κ1) is 62.0. The molecule has 2 fully saturated rings. The van der Waals surface area contributed by atoms with E-state index in [0.29, 0.717) is 83.9 Å². The number of benzene rings is 4. The average Bonchev–Trinajstić information content (AvgIpc) is 2.03. The lowest BCUT2D eigenvalue weighted by Crippen LogP contribution is -2.36. The molecule has 2 aliphatic rings. The molecule has 0 aliphatic carbocycles. The summed E-state index contributed by atoms with van der Waals surface area (Å²) in [6.07, 6.45) is 4.30. The zero-order valence-corrected chi connectivity index (χ0v) is 49.2. The quantitative estimate of drug-likeness (QED) is 0.0557. The number of carbonyl (C=O) groups excluding carboxylic acids is 2. The number of halogens is 3. The van der Waals surface area contributed by atoms with Gasteiger partial charge in [0.05, 0.1) is 43.1 Å². The van der Waals surface area contributed by atoms with Crippen molar-refractivity contribution in [3.05, 3.63) is 148 Å². The molecule has 24 heteroatoms. The fourth-order valence-electron chi connectivity index (χ4n) is 9.53. The van der Waals surface area contributed by atoms with Gasteiger partial charge in [-0.15, -0.1) is 0 Å². The summed E-state index contributed by atoms with van der Waals surface area (Å²) in [5.74, 6) is 2.01. The molecule has 0 radical (unpaired) electrons. The minimum Gasteiger partial charge on any atom is -0.497 e. The van der Waals surface area contributed by atoms with Crippen LogP contribution in [0.15, 0.2) is 109 Å². The summed E-state index contributed by atoms with van der Waals surface area (Å²) in [7, 11) is 1.65. The molecule has 10 rings (SSSR count). The first-order valence-electron chi connectivity index (χ1n) is 27.5. The second kappa shape index (κ2) is 27.1. The van der Waals surface area contributed by atoms with Gasteiger partial charge in [0.25, 0.3) is 0 Å². The predicted octanol–water partition coefficient (Wildman–Crippen LogP) is 8.70. The van der Waals surface area contributed by atoms with Crippen molar-refractivity contribution >= 4 is 70.1 Å². The number of ether oxygens (including phenoxy) is 4. The smallest absolute Gasteiger partial charge is 0.488 e. The summed E-state index contributed by atoms with van der Waals surface area (Å²) < 4.78 is 52.9. The Labute approximate surface area is 492 Å². The van der Waals surface area contributed by atoms with Crippen LogP contribution in [-0.2, 0) is 35.7 Å². The number of rotatable bonds is 14. The molecule has 2 aliphatic heterocycles. The van der Waals surface area contributed by atoms with Gasteiger partial charge >= 0.3 is 19.3 Å². The Hall–Kier alpha value is -8.09. The average molecular weight is 1170 g/mol. The highest BCUT2D eigenvalue weighted by Gasteiger charge is 2.33. The van der Waals surface area contributed by atoms with Gasteiger partial charge < -0.3 is 60.9 Å². The van der Waals surface area contributed by atoms with Crippen LogP contribution >= 0.6 is 11.6 Å². The fraction of sp³-hybridized carbons (Fsp3) is 0.367. The van der Waals surface area contributed by atoms with E-state index in [0.717, 1.165) is 57.9 Å². The lowest BCUT2D eigenvalue weighted by molar-refractivity contribution is 0.0283. The SMILES string of the molecule is COc1ccc(Cn2nc(N[C@@H]3CCN(C(=O)OC(C)(C)C)C3)c3c(-c4ccc(CN)c(F)c4)ccnc32)cc1.COc1ccc(Cn2nc(N[C@@H]3CCN(C(=O)OC(C)(C)C)C3)c3c(Cl)ccnc32)cc1.NCc1ccc(B(O)O)cc1F. The normalized spacial score (nSPS) is 15.0. The molecule has 2 saturated heterocycles. The van der Waals surface area contributed by atoms with E-state index in [1.165, 1.54) is 18.2 Å². The van der Waals surface area contributed by atoms with Crippen LogP contribution in [0.1, 0.15) is 76.6 Å². The van der Waals surface area contributed by atoms with E-state index in [1.54, 1.807) is 48.5 Å². The molecule has 84 heavy (non-hydrogen) atoms. The largest absolute Gasteiger partial charge is 0.497 e. The van der Waals surface area contributed by atoms with E-state index in [9.17, 15) is 18.4 Å². The van der Waals surface area contributed by atoms with Gasteiger partial charge in [0.1, 0.15) is 34.3 Å². The number of amides is 2. The second-order valence-corrected chi connectivity index (χ2v) is 22.7. The second-order valence-electron chi connectivity index (χ2n) is 22.3. The maximum Gasteiger partial charge on any atom is 0.488 e. The van der Waals surface area contributed by atoms with E-state index in [1.807, 2.05) is 112 Å². The van der Waals surface area contributed by atoms with Gasteiger partial charge in [-0.1, -0.05) is 60.1 Å². The zero-order chi connectivity index (χ0) is 60.5. The highest BCUT2D eigenvalue weighted by Crippen LogP contribution is 2.36. The molecule has 8 aromatic rings. The zero-order valence-electron chi connectivity index (χ0n) is 48.4. The van der Waals surface area contributed by atoms with Gasteiger partial charge in [-0.05, 0) is 131 Å². The number of anilines is 2. The molecule has 0 bridgehead atoms. The molecule has 6 heterocycles. The summed E-state index contributed by atoms with van der Waals surface area (Å²) in [4.78, 5) is 37.7. The third-order valence-corrected chi connectivity index (χ3v) is 14.1. The minimum absolute atomic E-state index is 0.0375. The minimum atomic E-state index is -1.63. The van der Waals surface area contributed by atoms with Gasteiger partial charge in [0.15, 0.2) is 22.9 Å². The van der Waals surface area contributed by atoms with Crippen LogP contribution in [0.2, 0.25) is 5.02 Å². The Kier molecular flexibility index (Phi) is 20.0. The molecular formula is C60H72BClF2N12O8. The van der Waals surface area contributed by atoms with E-state index in [2.05, 4.69) is 20.6 Å². The molecule has 0 saturated carbocycles. The molecule has 20 nitrogen and oxygen atoms in total. The molecular weight excluding hydrogens is 1100 g/mol. The van der Waals surface area contributed by atoms with Crippen molar-refractivity contribution in [2.75, 3.05) is 51.0 Å². The third kappa shape index (κ3) is 15.8. The Morgan fingerprint density at radius 3 is 1.55 bits per heavy atom. The number of hydrogen-bond donors (Lipinski definition) is 6. The number of hydrogen-bond acceptors (Lipinski definition) is 16. The van der Waals surface area contributed by atoms with Crippen molar-refractivity contribution in [1.82, 2.24) is 39.3 Å². The van der Waals surface area contributed by atoms with Gasteiger partial charge in [0, 0.05) is 74.9 Å². The summed E-state index contributed by atoms with van der Waals surface area (Å²) in [6, 6.07) is 28.3. The first-order chi connectivity index (χ1) is 40.0. The number of methoxy groups -OCH3 is 2. The predicted molar refractivity (Wildman–Crippen MR) is 321 cm³/mol. The number of fused-ring (bicyclic) bond motifs is 2. The molecule has 4 aromatic heterocycles. The van der Waals surface area contributed by atoms with Crippen molar-refractivity contribution in [2.24, 2.45) is 11.5 Å². The van der Waals surface area contributed by atoms with Crippen LogP contribution in [0, 0.1) is 11.6 Å². The van der Waals surface area contributed by atoms with Crippen LogP contribution in [0.25, 0.3) is 33.2 Å². The van der Waals surface area contributed by atoms with Crippen LogP contribution in [-0.4, -0.2) is 132 Å². The molecule has 8 N–H and O–H groups in total. The molecule has 2 atom stereocenters. The third-order valence-electron chi connectivity index (χ3n) is 13.7. The Morgan fingerprint density at radius 1 is 0.655 bits per heavy atom. The number of aromatic nitrogens is 6. The Bertz CT molecular complexity index is 3560. The lowest BCUT2D eigenvalue weighted by atomic mass is 9.80. The van der Waals surface area contributed by atoms with Gasteiger partial charge in [-0.3, -0.25) is 0 Å². The van der Waals surface area contributed by atoms with E-state index < -0.39 is 24.1 Å². The monoisotopic (exact) mass is 1170 g/mol. The van der Waals surface area contributed by atoms with E-state index >= 15 is 0 Å². The topological polar surface area (TPSA) is 256 Å². The van der Waals surface area contributed by atoms with E-state index in [-0.39, 0.29) is 48.6 Å². The summed E-state index contributed by atoms with van der Waals surface area (Å²) in [5, 5.41) is 36.2. The van der Waals surface area contributed by atoms with Gasteiger partial charge in [-0.2, -0.15) is 10.2 Å². The highest BCUT2D eigenvalue weighted by molar-refractivity contribution is 6.58. The number of nitrogens with zero attached hydrogens (tertiary/aromatic N) is 8. The van der Waals surface area contributed by atoms with Crippen molar-refractivity contribution in [3.63, 3.8) is 0 Å². The standard InChI is InChI=1S/C30H35FN6O3.C23H28ClN5O3.C7H9BFNO2/c1-30(2,3)40-29(38)36-14-12-22(18-36)34-27-26-24(20-7-8-21(16-32)25(31)15-20)11-13-33-28(26)37(35-27)17-19-5-9-23(39-4)10-6-19;1-23(2,3)32-22(30)28-12-10-16(14-28)26-20-19-18(24)9-11-25-21(19)29(27-20)13-15-5-7-17(31-4)8-6-15;9-7-3-6(8(11)12)2-1-5(7)4-10/h5-11,13,15,22H,12,14,16-18,32H2,1-4H3,(H,34,35);5-9,11,16H,10,12-14H2,1-4H3,(H,26,27);1-3,11-12H,4,10H2/t22-;16-;/m11./s1. The number of carbonyl (C=O) groups is 2.